The average Bonchev–Trinajstić information content (AvgIpc) is 2.92. The van der Waals surface area contributed by atoms with Crippen LogP contribution < -0.4 is 0 Å². The summed E-state index contributed by atoms with van der Waals surface area (Å²) in [6, 6.07) is 1.89. The van der Waals surface area contributed by atoms with Gasteiger partial charge in [-0.1, -0.05) is 0 Å². The summed E-state index contributed by atoms with van der Waals surface area (Å²) in [5.74, 6) is 1.89. The summed E-state index contributed by atoms with van der Waals surface area (Å²) in [5, 5.41) is 9.12. The molecule has 1 saturated heterocycles. The van der Waals surface area contributed by atoms with E-state index in [1.807, 2.05) is 12.3 Å². The zero-order valence-corrected chi connectivity index (χ0v) is 15.3. The van der Waals surface area contributed by atoms with Gasteiger partial charge in [0.1, 0.15) is 18.2 Å². The standard InChI is InChI=1S/C20H28N2O4/c21-14-17(2-1-7-22-8-10-24-11-9-22)20(23)26-13-12-25-15-18-4-3-16-5-6-19(16)18/h1-2,7,16,18-19H,3-6,8-13,15H2/b7-1+,17-2+. The highest BCUT2D eigenvalue weighted by atomic mass is 16.6. The van der Waals surface area contributed by atoms with Crippen molar-refractivity contribution in [2.75, 3.05) is 46.1 Å². The predicted octanol–water partition coefficient (Wildman–Crippen LogP) is 2.28. The molecule has 3 fully saturated rings. The van der Waals surface area contributed by atoms with Crippen LogP contribution in [0, 0.1) is 29.1 Å². The van der Waals surface area contributed by atoms with Crippen molar-refractivity contribution in [3.05, 3.63) is 23.9 Å². The lowest BCUT2D eigenvalue weighted by Gasteiger charge is -2.34. The summed E-state index contributed by atoms with van der Waals surface area (Å²) in [6.45, 7) is 4.37. The normalized spacial score (nSPS) is 28.5. The van der Waals surface area contributed by atoms with Gasteiger partial charge in [-0.25, -0.2) is 4.79 Å². The quantitative estimate of drug-likeness (QED) is 0.217. The van der Waals surface area contributed by atoms with Gasteiger partial charge in [0.25, 0.3) is 0 Å². The van der Waals surface area contributed by atoms with E-state index >= 15 is 0 Å². The van der Waals surface area contributed by atoms with Crippen molar-refractivity contribution in [1.29, 1.82) is 5.26 Å². The number of hydrogen-bond acceptors (Lipinski definition) is 6. The number of carbonyl (C=O) groups excluding carboxylic acids is 1. The Morgan fingerprint density at radius 2 is 2.00 bits per heavy atom. The number of esters is 1. The van der Waals surface area contributed by atoms with Crippen molar-refractivity contribution in [3.63, 3.8) is 0 Å². The molecule has 6 heteroatoms. The summed E-state index contributed by atoms with van der Waals surface area (Å²) < 4.78 is 16.1. The van der Waals surface area contributed by atoms with E-state index < -0.39 is 5.97 Å². The van der Waals surface area contributed by atoms with Gasteiger partial charge in [-0.3, -0.25) is 0 Å². The summed E-state index contributed by atoms with van der Waals surface area (Å²) >= 11 is 0. The van der Waals surface area contributed by atoms with E-state index in [-0.39, 0.29) is 12.2 Å². The third-order valence-electron chi connectivity index (χ3n) is 5.73. The molecular weight excluding hydrogens is 332 g/mol. The molecule has 0 spiro atoms. The predicted molar refractivity (Wildman–Crippen MR) is 95.9 cm³/mol. The van der Waals surface area contributed by atoms with Crippen LogP contribution in [0.5, 0.6) is 0 Å². The summed E-state index contributed by atoms with van der Waals surface area (Å²) in [6.07, 6.45) is 10.4. The molecule has 2 saturated carbocycles. The Bertz CT molecular complexity index is 575. The first-order valence-electron chi connectivity index (χ1n) is 9.63. The Balaban J connectivity index is 1.31. The maximum absolute atomic E-state index is 11.9. The monoisotopic (exact) mass is 360 g/mol. The fourth-order valence-electron chi connectivity index (χ4n) is 4.07. The van der Waals surface area contributed by atoms with Crippen LogP contribution in [0.25, 0.3) is 0 Å². The summed E-state index contributed by atoms with van der Waals surface area (Å²) in [4.78, 5) is 14.0. The second-order valence-electron chi connectivity index (χ2n) is 7.23. The van der Waals surface area contributed by atoms with Gasteiger partial charge in [-0.05, 0) is 61.8 Å². The number of allylic oxidation sites excluding steroid dienone is 2. The van der Waals surface area contributed by atoms with Gasteiger partial charge in [-0.2, -0.15) is 5.26 Å². The van der Waals surface area contributed by atoms with Crippen molar-refractivity contribution in [1.82, 2.24) is 4.90 Å². The molecule has 26 heavy (non-hydrogen) atoms. The molecule has 3 aliphatic rings. The fraction of sp³-hybridized carbons (Fsp3) is 0.700. The Morgan fingerprint density at radius 3 is 2.69 bits per heavy atom. The number of ether oxygens (including phenoxy) is 3. The Morgan fingerprint density at radius 1 is 1.19 bits per heavy atom. The molecule has 1 heterocycles. The lowest BCUT2D eigenvalue weighted by molar-refractivity contribution is -0.140. The van der Waals surface area contributed by atoms with E-state index in [0.29, 0.717) is 25.7 Å². The van der Waals surface area contributed by atoms with E-state index in [0.717, 1.165) is 31.5 Å². The fourth-order valence-corrected chi connectivity index (χ4v) is 4.07. The molecule has 3 unspecified atom stereocenters. The van der Waals surface area contributed by atoms with Crippen LogP contribution in [0.1, 0.15) is 25.7 Å². The lowest BCUT2D eigenvalue weighted by atomic mass is 9.73. The number of rotatable bonds is 8. The number of hydrogen-bond donors (Lipinski definition) is 0. The maximum atomic E-state index is 11.9. The first-order valence-corrected chi connectivity index (χ1v) is 9.63. The number of fused-ring (bicyclic) bond motifs is 1. The zero-order valence-electron chi connectivity index (χ0n) is 15.3. The van der Waals surface area contributed by atoms with E-state index in [9.17, 15) is 4.79 Å². The molecule has 0 aromatic rings. The zero-order chi connectivity index (χ0) is 18.2. The van der Waals surface area contributed by atoms with Gasteiger partial charge in [0.05, 0.1) is 19.8 Å². The van der Waals surface area contributed by atoms with Crippen LogP contribution in [-0.4, -0.2) is 57.0 Å². The molecule has 142 valence electrons. The van der Waals surface area contributed by atoms with Gasteiger partial charge in [0, 0.05) is 19.7 Å². The SMILES string of the molecule is N#C/C(=C\C=C\N1CCOCC1)C(=O)OCCOCC1CCC2CCC21. The molecule has 0 aromatic carbocycles. The second-order valence-corrected chi connectivity index (χ2v) is 7.23. The highest BCUT2D eigenvalue weighted by Gasteiger charge is 2.41. The minimum atomic E-state index is -0.595. The van der Waals surface area contributed by atoms with E-state index in [1.54, 1.807) is 6.08 Å². The largest absolute Gasteiger partial charge is 0.459 e. The van der Waals surface area contributed by atoms with Crippen molar-refractivity contribution in [2.24, 2.45) is 17.8 Å². The molecule has 3 rings (SSSR count). The lowest BCUT2D eigenvalue weighted by Crippen LogP contribution is -2.31. The summed E-state index contributed by atoms with van der Waals surface area (Å²) in [7, 11) is 0. The Hall–Kier alpha value is -1.84. The van der Waals surface area contributed by atoms with Crippen molar-refractivity contribution in [2.45, 2.75) is 25.7 Å². The smallest absolute Gasteiger partial charge is 0.348 e. The molecule has 2 aliphatic carbocycles. The minimum absolute atomic E-state index is 0.00242. The molecule has 3 atom stereocenters. The van der Waals surface area contributed by atoms with E-state index in [4.69, 9.17) is 19.5 Å². The van der Waals surface area contributed by atoms with Crippen LogP contribution in [-0.2, 0) is 19.0 Å². The van der Waals surface area contributed by atoms with Gasteiger partial charge < -0.3 is 19.1 Å². The number of morpholine rings is 1. The molecule has 1 aliphatic heterocycles. The maximum Gasteiger partial charge on any atom is 0.348 e. The number of nitriles is 1. The van der Waals surface area contributed by atoms with E-state index in [1.165, 1.54) is 31.8 Å². The molecule has 0 N–H and O–H groups in total. The number of carbonyl (C=O) groups is 1. The van der Waals surface area contributed by atoms with Gasteiger partial charge >= 0.3 is 5.97 Å². The molecule has 6 nitrogen and oxygen atoms in total. The molecule has 0 aromatic heterocycles. The molecule has 0 amide bonds. The van der Waals surface area contributed by atoms with Gasteiger partial charge in [0.15, 0.2) is 0 Å². The van der Waals surface area contributed by atoms with Crippen molar-refractivity contribution < 1.29 is 19.0 Å². The first kappa shape index (κ1) is 18.9. The minimum Gasteiger partial charge on any atom is -0.459 e. The molecule has 0 bridgehead atoms. The van der Waals surface area contributed by atoms with Crippen molar-refractivity contribution >= 4 is 5.97 Å². The van der Waals surface area contributed by atoms with Crippen molar-refractivity contribution in [3.8, 4) is 6.07 Å². The average molecular weight is 360 g/mol. The van der Waals surface area contributed by atoms with Gasteiger partial charge in [0.2, 0.25) is 0 Å². The van der Waals surface area contributed by atoms with Gasteiger partial charge in [-0.15, -0.1) is 0 Å². The van der Waals surface area contributed by atoms with Crippen LogP contribution in [0.15, 0.2) is 23.9 Å². The first-order chi connectivity index (χ1) is 12.8. The van der Waals surface area contributed by atoms with E-state index in [2.05, 4.69) is 4.90 Å². The second kappa shape index (κ2) is 9.75. The van der Waals surface area contributed by atoms with Crippen LogP contribution in [0.2, 0.25) is 0 Å². The summed E-state index contributed by atoms with van der Waals surface area (Å²) in [5.41, 5.74) is 0.00242. The highest BCUT2D eigenvalue weighted by molar-refractivity contribution is 5.93. The van der Waals surface area contributed by atoms with Crippen LogP contribution >= 0.6 is 0 Å². The van der Waals surface area contributed by atoms with Crippen LogP contribution in [0.3, 0.4) is 0 Å². The Kier molecular flexibility index (Phi) is 7.10. The highest BCUT2D eigenvalue weighted by Crippen LogP contribution is 2.50. The third kappa shape index (κ3) is 5.09. The third-order valence-corrected chi connectivity index (χ3v) is 5.73. The molecule has 0 radical (unpaired) electrons. The number of nitrogens with zero attached hydrogens (tertiary/aromatic N) is 2. The topological polar surface area (TPSA) is 71.8 Å². The van der Waals surface area contributed by atoms with Crippen LogP contribution in [0.4, 0.5) is 0 Å². The molecular formula is C20H28N2O4. The Labute approximate surface area is 155 Å².